The zero-order valence-corrected chi connectivity index (χ0v) is 19.6. The van der Waals surface area contributed by atoms with Gasteiger partial charge in [0, 0.05) is 12.1 Å². The van der Waals surface area contributed by atoms with Gasteiger partial charge in [-0.1, -0.05) is 0 Å². The molecule has 0 saturated heterocycles. The number of carbonyl (C=O) groups is 3. The van der Waals surface area contributed by atoms with E-state index in [1.165, 1.54) is 13.2 Å². The lowest BCUT2D eigenvalue weighted by molar-refractivity contribution is -0.149. The molecule has 186 valence electrons. The van der Waals surface area contributed by atoms with Crippen LogP contribution in [0.25, 0.3) is 0 Å². The summed E-state index contributed by atoms with van der Waals surface area (Å²) in [6, 6.07) is 1.98. The van der Waals surface area contributed by atoms with Gasteiger partial charge < -0.3 is 24.6 Å². The van der Waals surface area contributed by atoms with Gasteiger partial charge in [0.1, 0.15) is 5.75 Å². The number of rotatable bonds is 8. The highest BCUT2D eigenvalue weighted by Gasteiger charge is 2.51. The summed E-state index contributed by atoms with van der Waals surface area (Å²) in [5.74, 6) is -2.84. The number of nitrogens with one attached hydrogen (secondary N) is 1. The van der Waals surface area contributed by atoms with E-state index in [1.807, 2.05) is 0 Å². The SMILES string of the molecule is CCOC(=O)[C@H]1CC[C@@H](Oc2cc(C(=O)N[C@@H]3[C@H]4CC[C@H](C4)[C@@H]3C(=O)O)c(OC)cc2F)CC1. The molecule has 0 unspecified atom stereocenters. The molecule has 0 radical (unpaired) electrons. The molecule has 3 fully saturated rings. The van der Waals surface area contributed by atoms with Crippen LogP contribution in [-0.2, 0) is 14.3 Å². The highest BCUT2D eigenvalue weighted by atomic mass is 19.1. The van der Waals surface area contributed by atoms with E-state index in [-0.39, 0.29) is 46.9 Å². The molecule has 1 aromatic carbocycles. The molecular weight excluding hydrogens is 445 g/mol. The number of methoxy groups -OCH3 is 1. The lowest BCUT2D eigenvalue weighted by Gasteiger charge is -2.29. The van der Waals surface area contributed by atoms with Gasteiger partial charge in [-0.15, -0.1) is 0 Å². The first-order chi connectivity index (χ1) is 16.3. The maximum Gasteiger partial charge on any atom is 0.308 e. The fourth-order valence-corrected chi connectivity index (χ4v) is 5.91. The number of fused-ring (bicyclic) bond motifs is 2. The molecule has 34 heavy (non-hydrogen) atoms. The molecule has 1 amide bonds. The molecular formula is C25H32FNO7. The van der Waals surface area contributed by atoms with Crippen LogP contribution in [0.3, 0.4) is 0 Å². The molecule has 1 aromatic rings. The molecule has 3 aliphatic rings. The predicted octanol–water partition coefficient (Wildman–Crippen LogP) is 3.56. The Morgan fingerprint density at radius 3 is 2.41 bits per heavy atom. The molecule has 0 aliphatic heterocycles. The summed E-state index contributed by atoms with van der Waals surface area (Å²) < 4.78 is 30.9. The Kier molecular flexibility index (Phi) is 7.28. The van der Waals surface area contributed by atoms with Crippen molar-refractivity contribution >= 4 is 17.8 Å². The number of halogens is 1. The molecule has 4 atom stereocenters. The third kappa shape index (κ3) is 4.83. The quantitative estimate of drug-likeness (QED) is 0.551. The van der Waals surface area contributed by atoms with Crippen LogP contribution < -0.4 is 14.8 Å². The van der Waals surface area contributed by atoms with Crippen molar-refractivity contribution in [2.75, 3.05) is 13.7 Å². The second-order valence-corrected chi connectivity index (χ2v) is 9.52. The van der Waals surface area contributed by atoms with Crippen molar-refractivity contribution in [1.29, 1.82) is 0 Å². The van der Waals surface area contributed by atoms with Gasteiger partial charge in [0.05, 0.1) is 37.2 Å². The Hall–Kier alpha value is -2.84. The number of ether oxygens (including phenoxy) is 3. The van der Waals surface area contributed by atoms with Gasteiger partial charge >= 0.3 is 11.9 Å². The van der Waals surface area contributed by atoms with Crippen molar-refractivity contribution in [1.82, 2.24) is 5.32 Å². The van der Waals surface area contributed by atoms with Crippen molar-refractivity contribution in [3.63, 3.8) is 0 Å². The summed E-state index contributed by atoms with van der Waals surface area (Å²) in [6.07, 6.45) is 4.60. The van der Waals surface area contributed by atoms with Gasteiger partial charge in [0.15, 0.2) is 11.6 Å². The highest BCUT2D eigenvalue weighted by molar-refractivity contribution is 5.98. The molecule has 2 bridgehead atoms. The minimum Gasteiger partial charge on any atom is -0.496 e. The summed E-state index contributed by atoms with van der Waals surface area (Å²) in [7, 11) is 1.35. The third-order valence-corrected chi connectivity index (χ3v) is 7.59. The monoisotopic (exact) mass is 477 g/mol. The topological polar surface area (TPSA) is 111 Å². The average Bonchev–Trinajstić information content (AvgIpc) is 3.42. The number of carboxylic acids is 1. The number of hydrogen-bond donors (Lipinski definition) is 2. The van der Waals surface area contributed by atoms with Crippen molar-refractivity contribution < 1.29 is 38.1 Å². The Balaban J connectivity index is 1.46. The minimum absolute atomic E-state index is 0.0587. The van der Waals surface area contributed by atoms with Crippen LogP contribution in [-0.4, -0.2) is 48.8 Å². The van der Waals surface area contributed by atoms with Crippen molar-refractivity contribution in [3.05, 3.63) is 23.5 Å². The second kappa shape index (κ2) is 10.2. The first-order valence-electron chi connectivity index (χ1n) is 12.1. The molecule has 0 spiro atoms. The fraction of sp³-hybridized carbons (Fsp3) is 0.640. The van der Waals surface area contributed by atoms with Crippen LogP contribution in [0.15, 0.2) is 12.1 Å². The maximum atomic E-state index is 14.7. The van der Waals surface area contributed by atoms with E-state index in [0.717, 1.165) is 25.3 Å². The molecule has 9 heteroatoms. The smallest absolute Gasteiger partial charge is 0.308 e. The number of hydrogen-bond acceptors (Lipinski definition) is 6. The van der Waals surface area contributed by atoms with E-state index in [9.17, 15) is 23.9 Å². The summed E-state index contributed by atoms with van der Waals surface area (Å²) in [6.45, 7) is 2.11. The van der Waals surface area contributed by atoms with Crippen molar-refractivity contribution in [3.8, 4) is 11.5 Å². The summed E-state index contributed by atoms with van der Waals surface area (Å²) in [4.78, 5) is 36.9. The minimum atomic E-state index is -0.897. The first kappa shape index (κ1) is 24.3. The molecule has 2 N–H and O–H groups in total. The van der Waals surface area contributed by atoms with Crippen LogP contribution in [0.5, 0.6) is 11.5 Å². The number of benzene rings is 1. The lowest BCUT2D eigenvalue weighted by atomic mass is 9.84. The summed E-state index contributed by atoms with van der Waals surface area (Å²) in [5.41, 5.74) is 0.103. The molecule has 3 saturated carbocycles. The van der Waals surface area contributed by atoms with E-state index < -0.39 is 29.7 Å². The molecule has 0 aromatic heterocycles. The van der Waals surface area contributed by atoms with Gasteiger partial charge in [-0.05, 0) is 69.8 Å². The number of esters is 1. The van der Waals surface area contributed by atoms with Gasteiger partial charge in [-0.3, -0.25) is 14.4 Å². The van der Waals surface area contributed by atoms with E-state index in [1.54, 1.807) is 6.92 Å². The highest BCUT2D eigenvalue weighted by Crippen LogP contribution is 2.48. The van der Waals surface area contributed by atoms with E-state index in [2.05, 4.69) is 5.32 Å². The van der Waals surface area contributed by atoms with Gasteiger partial charge in [-0.2, -0.15) is 0 Å². The van der Waals surface area contributed by atoms with Crippen molar-refractivity contribution in [2.24, 2.45) is 23.7 Å². The molecule has 4 rings (SSSR count). The van der Waals surface area contributed by atoms with Crippen LogP contribution >= 0.6 is 0 Å². The summed E-state index contributed by atoms with van der Waals surface area (Å²) >= 11 is 0. The van der Waals surface area contributed by atoms with Crippen LogP contribution in [0.2, 0.25) is 0 Å². The average molecular weight is 478 g/mol. The zero-order chi connectivity index (χ0) is 24.4. The lowest BCUT2D eigenvalue weighted by Crippen LogP contribution is -2.46. The van der Waals surface area contributed by atoms with Crippen LogP contribution in [0, 0.1) is 29.5 Å². The standard InChI is InChI=1S/C25H32FNO7/c1-3-33-25(31)13-6-8-16(9-7-13)34-20-11-17(19(32-2)12-18(20)26)23(28)27-22-15-5-4-14(10-15)21(22)24(29)30/h11-16,21-22H,3-10H2,1-2H3,(H,27,28)(H,29,30)/t13-,14-,15+,16+,21+,22-/m1/s1. The fourth-order valence-electron chi connectivity index (χ4n) is 5.91. The Labute approximate surface area is 198 Å². The predicted molar refractivity (Wildman–Crippen MR) is 119 cm³/mol. The third-order valence-electron chi connectivity index (χ3n) is 7.59. The Morgan fingerprint density at radius 2 is 1.76 bits per heavy atom. The maximum absolute atomic E-state index is 14.7. The van der Waals surface area contributed by atoms with Crippen LogP contribution in [0.4, 0.5) is 4.39 Å². The summed E-state index contributed by atoms with van der Waals surface area (Å²) in [5, 5.41) is 12.5. The van der Waals surface area contributed by atoms with Gasteiger partial charge in [0.2, 0.25) is 0 Å². The number of amides is 1. The molecule has 0 heterocycles. The molecule has 3 aliphatic carbocycles. The second-order valence-electron chi connectivity index (χ2n) is 9.52. The number of carboxylic acid groups (broad SMARTS) is 1. The number of carbonyl (C=O) groups excluding carboxylic acids is 2. The van der Waals surface area contributed by atoms with Gasteiger partial charge in [-0.25, -0.2) is 4.39 Å². The normalized spacial score (nSPS) is 30.0. The van der Waals surface area contributed by atoms with Gasteiger partial charge in [0.25, 0.3) is 5.91 Å². The Morgan fingerprint density at radius 1 is 1.06 bits per heavy atom. The first-order valence-corrected chi connectivity index (χ1v) is 12.1. The zero-order valence-electron chi connectivity index (χ0n) is 19.6. The van der Waals surface area contributed by atoms with E-state index >= 15 is 0 Å². The number of aliphatic carboxylic acids is 1. The van der Waals surface area contributed by atoms with E-state index in [4.69, 9.17) is 14.2 Å². The van der Waals surface area contributed by atoms with E-state index in [0.29, 0.717) is 32.3 Å². The molecule has 8 nitrogen and oxygen atoms in total. The van der Waals surface area contributed by atoms with Crippen molar-refractivity contribution in [2.45, 2.75) is 64.0 Å². The van der Waals surface area contributed by atoms with Crippen LogP contribution in [0.1, 0.15) is 62.2 Å². The Bertz CT molecular complexity index is 943. The largest absolute Gasteiger partial charge is 0.496 e.